The van der Waals surface area contributed by atoms with Gasteiger partial charge in [0.2, 0.25) is 0 Å². The first-order valence-electron chi connectivity index (χ1n) is 4.56. The van der Waals surface area contributed by atoms with E-state index >= 15 is 0 Å². The molecule has 0 aliphatic heterocycles. The van der Waals surface area contributed by atoms with Crippen molar-refractivity contribution in [1.82, 2.24) is 0 Å². The van der Waals surface area contributed by atoms with E-state index in [1.807, 2.05) is 0 Å². The standard InChI is InChI=1S/C13H12O2/c1-3-4-5-6-11-7-9-12(10-8-11)13(14)15-2/h3,7-10H,1,4H2,2H3. The molecular formula is C13H12O2. The minimum atomic E-state index is -0.333. The highest BCUT2D eigenvalue weighted by Crippen LogP contribution is 2.04. The number of esters is 1. The number of ether oxygens (including phenoxy) is 1. The van der Waals surface area contributed by atoms with Crippen molar-refractivity contribution in [2.45, 2.75) is 6.42 Å². The van der Waals surface area contributed by atoms with Crippen LogP contribution in [0.25, 0.3) is 0 Å². The van der Waals surface area contributed by atoms with Gasteiger partial charge in [0.25, 0.3) is 0 Å². The van der Waals surface area contributed by atoms with Gasteiger partial charge in [-0.25, -0.2) is 4.79 Å². The molecule has 0 N–H and O–H groups in total. The zero-order valence-corrected chi connectivity index (χ0v) is 8.62. The SMILES string of the molecule is C=CCC#Cc1ccc(C(=O)OC)cc1. The Hall–Kier alpha value is -2.01. The molecule has 15 heavy (non-hydrogen) atoms. The predicted molar refractivity (Wildman–Crippen MR) is 59.5 cm³/mol. The van der Waals surface area contributed by atoms with E-state index in [1.165, 1.54) is 7.11 Å². The van der Waals surface area contributed by atoms with Crippen molar-refractivity contribution in [2.24, 2.45) is 0 Å². The molecule has 0 aliphatic carbocycles. The molecule has 0 radical (unpaired) electrons. The molecule has 0 bridgehead atoms. The van der Waals surface area contributed by atoms with Crippen LogP contribution in [0.3, 0.4) is 0 Å². The largest absolute Gasteiger partial charge is 0.465 e. The highest BCUT2D eigenvalue weighted by molar-refractivity contribution is 5.89. The summed E-state index contributed by atoms with van der Waals surface area (Å²) in [6.45, 7) is 3.58. The summed E-state index contributed by atoms with van der Waals surface area (Å²) >= 11 is 0. The Kier molecular flexibility index (Phi) is 4.18. The van der Waals surface area contributed by atoms with Crippen LogP contribution < -0.4 is 0 Å². The maximum Gasteiger partial charge on any atom is 0.337 e. The fourth-order valence-electron chi connectivity index (χ4n) is 1.03. The third-order valence-corrected chi connectivity index (χ3v) is 1.79. The molecular weight excluding hydrogens is 188 g/mol. The van der Waals surface area contributed by atoms with Crippen LogP contribution >= 0.6 is 0 Å². The summed E-state index contributed by atoms with van der Waals surface area (Å²) in [5.74, 6) is 5.55. The molecule has 0 saturated heterocycles. The van der Waals surface area contributed by atoms with Crippen molar-refractivity contribution in [3.05, 3.63) is 48.0 Å². The molecule has 0 aliphatic rings. The smallest absolute Gasteiger partial charge is 0.337 e. The monoisotopic (exact) mass is 200 g/mol. The maximum absolute atomic E-state index is 11.1. The van der Waals surface area contributed by atoms with E-state index < -0.39 is 0 Å². The maximum atomic E-state index is 11.1. The number of rotatable bonds is 2. The molecule has 2 nitrogen and oxygen atoms in total. The molecule has 1 aromatic rings. The summed E-state index contributed by atoms with van der Waals surface area (Å²) < 4.78 is 4.59. The molecule has 2 heteroatoms. The van der Waals surface area contributed by atoms with Crippen LogP contribution in [0.2, 0.25) is 0 Å². The average Bonchev–Trinajstić information content (AvgIpc) is 2.29. The van der Waals surface area contributed by atoms with Crippen LogP contribution in [0.5, 0.6) is 0 Å². The molecule has 1 rings (SSSR count). The predicted octanol–water partition coefficient (Wildman–Crippen LogP) is 2.40. The first-order chi connectivity index (χ1) is 7.27. The lowest BCUT2D eigenvalue weighted by molar-refractivity contribution is 0.0601. The Morgan fingerprint density at radius 3 is 2.67 bits per heavy atom. The van der Waals surface area contributed by atoms with Crippen molar-refractivity contribution in [2.75, 3.05) is 7.11 Å². The molecule has 0 fully saturated rings. The highest BCUT2D eigenvalue weighted by atomic mass is 16.5. The van der Waals surface area contributed by atoms with E-state index in [1.54, 1.807) is 30.3 Å². The molecule has 0 unspecified atom stereocenters. The second-order valence-electron chi connectivity index (χ2n) is 2.86. The zero-order valence-electron chi connectivity index (χ0n) is 8.62. The minimum Gasteiger partial charge on any atom is -0.465 e. The van der Waals surface area contributed by atoms with Crippen LogP contribution in [-0.2, 0) is 4.74 Å². The zero-order chi connectivity index (χ0) is 11.1. The minimum absolute atomic E-state index is 0.333. The third kappa shape index (κ3) is 3.32. The van der Waals surface area contributed by atoms with Crippen LogP contribution in [-0.4, -0.2) is 13.1 Å². The Morgan fingerprint density at radius 1 is 1.47 bits per heavy atom. The number of benzene rings is 1. The van der Waals surface area contributed by atoms with E-state index in [2.05, 4.69) is 23.2 Å². The van der Waals surface area contributed by atoms with Gasteiger partial charge in [-0.05, 0) is 24.3 Å². The highest BCUT2D eigenvalue weighted by Gasteiger charge is 2.02. The summed E-state index contributed by atoms with van der Waals surface area (Å²) in [7, 11) is 1.36. The van der Waals surface area contributed by atoms with Gasteiger partial charge < -0.3 is 4.74 Å². The fourth-order valence-corrected chi connectivity index (χ4v) is 1.03. The fraction of sp³-hybridized carbons (Fsp3) is 0.154. The Balaban J connectivity index is 2.77. The molecule has 0 atom stereocenters. The molecule has 1 aromatic carbocycles. The average molecular weight is 200 g/mol. The number of hydrogen-bond donors (Lipinski definition) is 0. The second kappa shape index (κ2) is 5.66. The number of hydrogen-bond acceptors (Lipinski definition) is 2. The van der Waals surface area contributed by atoms with Gasteiger partial charge in [-0.3, -0.25) is 0 Å². The van der Waals surface area contributed by atoms with Gasteiger partial charge in [-0.15, -0.1) is 6.58 Å². The molecule has 0 amide bonds. The summed E-state index contributed by atoms with van der Waals surface area (Å²) in [6.07, 6.45) is 2.41. The molecule has 0 aromatic heterocycles. The van der Waals surface area contributed by atoms with Gasteiger partial charge in [0, 0.05) is 12.0 Å². The van der Waals surface area contributed by atoms with Gasteiger partial charge in [-0.1, -0.05) is 17.9 Å². The van der Waals surface area contributed by atoms with Crippen molar-refractivity contribution in [1.29, 1.82) is 0 Å². The van der Waals surface area contributed by atoms with E-state index in [0.717, 1.165) is 5.56 Å². The lowest BCUT2D eigenvalue weighted by atomic mass is 10.1. The van der Waals surface area contributed by atoms with Crippen LogP contribution in [0.4, 0.5) is 0 Å². The van der Waals surface area contributed by atoms with Crippen LogP contribution in [0, 0.1) is 11.8 Å². The Morgan fingerprint density at radius 2 is 2.13 bits per heavy atom. The number of methoxy groups -OCH3 is 1. The van der Waals surface area contributed by atoms with Gasteiger partial charge >= 0.3 is 5.97 Å². The Bertz CT molecular complexity index is 404. The molecule has 0 heterocycles. The number of carbonyl (C=O) groups excluding carboxylic acids is 1. The van der Waals surface area contributed by atoms with Crippen molar-refractivity contribution < 1.29 is 9.53 Å². The van der Waals surface area contributed by atoms with E-state index in [9.17, 15) is 4.79 Å². The topological polar surface area (TPSA) is 26.3 Å². The Labute approximate surface area is 89.6 Å². The normalized spacial score (nSPS) is 8.60. The first kappa shape index (κ1) is 11.1. The third-order valence-electron chi connectivity index (χ3n) is 1.79. The van der Waals surface area contributed by atoms with Crippen molar-refractivity contribution >= 4 is 5.97 Å². The molecule has 0 spiro atoms. The lowest BCUT2D eigenvalue weighted by Gasteiger charge is -1.97. The van der Waals surface area contributed by atoms with Gasteiger partial charge in [0.15, 0.2) is 0 Å². The van der Waals surface area contributed by atoms with Gasteiger partial charge in [-0.2, -0.15) is 0 Å². The van der Waals surface area contributed by atoms with E-state index in [-0.39, 0.29) is 5.97 Å². The number of allylic oxidation sites excluding steroid dienone is 1. The van der Waals surface area contributed by atoms with Crippen molar-refractivity contribution in [3.63, 3.8) is 0 Å². The van der Waals surface area contributed by atoms with E-state index in [0.29, 0.717) is 12.0 Å². The summed E-state index contributed by atoms with van der Waals surface area (Å²) in [4.78, 5) is 11.1. The summed E-state index contributed by atoms with van der Waals surface area (Å²) in [6, 6.07) is 6.98. The quantitative estimate of drug-likeness (QED) is 0.416. The van der Waals surface area contributed by atoms with Gasteiger partial charge in [0.05, 0.1) is 12.7 Å². The molecule has 0 saturated carbocycles. The van der Waals surface area contributed by atoms with Crippen LogP contribution in [0.1, 0.15) is 22.3 Å². The lowest BCUT2D eigenvalue weighted by Crippen LogP contribution is -2.00. The number of carbonyl (C=O) groups is 1. The van der Waals surface area contributed by atoms with E-state index in [4.69, 9.17) is 0 Å². The second-order valence-corrected chi connectivity index (χ2v) is 2.86. The van der Waals surface area contributed by atoms with Crippen molar-refractivity contribution in [3.8, 4) is 11.8 Å². The molecule has 76 valence electrons. The van der Waals surface area contributed by atoms with Gasteiger partial charge in [0.1, 0.15) is 0 Å². The first-order valence-corrected chi connectivity index (χ1v) is 4.56. The summed E-state index contributed by atoms with van der Waals surface area (Å²) in [5, 5.41) is 0. The summed E-state index contributed by atoms with van der Waals surface area (Å²) in [5.41, 5.74) is 1.41. The van der Waals surface area contributed by atoms with Crippen LogP contribution in [0.15, 0.2) is 36.9 Å².